The second-order valence-electron chi connectivity index (χ2n) is 7.01. The van der Waals surface area contributed by atoms with Gasteiger partial charge in [-0.05, 0) is 48.9 Å². The maximum Gasteiger partial charge on any atom is 0.262 e. The fourth-order valence-corrected chi connectivity index (χ4v) is 3.03. The summed E-state index contributed by atoms with van der Waals surface area (Å²) in [5.41, 5.74) is 4.50. The number of nitrogens with one attached hydrogen (secondary N) is 2. The minimum Gasteiger partial charge on any atom is -0.484 e. The van der Waals surface area contributed by atoms with E-state index in [0.29, 0.717) is 17.3 Å². The van der Waals surface area contributed by atoms with Gasteiger partial charge in [-0.2, -0.15) is 0 Å². The van der Waals surface area contributed by atoms with E-state index in [1.807, 2.05) is 91.9 Å². The van der Waals surface area contributed by atoms with Crippen LogP contribution in [0.3, 0.4) is 0 Å². The van der Waals surface area contributed by atoms with Crippen molar-refractivity contribution in [1.29, 1.82) is 0 Å². The summed E-state index contributed by atoms with van der Waals surface area (Å²) in [6.45, 7) is 1.93. The summed E-state index contributed by atoms with van der Waals surface area (Å²) in [5.74, 6) is 1.15. The lowest BCUT2D eigenvalue weighted by molar-refractivity contribution is -0.118. The van der Waals surface area contributed by atoms with E-state index >= 15 is 0 Å². The zero-order valence-electron chi connectivity index (χ0n) is 17.1. The molecule has 0 aliphatic rings. The maximum absolute atomic E-state index is 12.2. The molecule has 0 radical (unpaired) electrons. The Kier molecular flexibility index (Phi) is 6.18. The van der Waals surface area contributed by atoms with Gasteiger partial charge < -0.3 is 15.4 Å². The van der Waals surface area contributed by atoms with Crippen molar-refractivity contribution in [3.8, 4) is 17.0 Å². The van der Waals surface area contributed by atoms with Crippen molar-refractivity contribution < 1.29 is 9.53 Å². The largest absolute Gasteiger partial charge is 0.484 e. The first-order chi connectivity index (χ1) is 15.2. The van der Waals surface area contributed by atoms with Crippen LogP contribution in [-0.2, 0) is 4.79 Å². The normalized spacial score (nSPS) is 10.4. The highest BCUT2D eigenvalue weighted by atomic mass is 16.5. The molecule has 0 atom stereocenters. The second kappa shape index (κ2) is 9.54. The smallest absolute Gasteiger partial charge is 0.262 e. The summed E-state index contributed by atoms with van der Waals surface area (Å²) in [6, 6.07) is 26.8. The molecule has 2 N–H and O–H groups in total. The zero-order chi connectivity index (χ0) is 21.5. The first-order valence-corrected chi connectivity index (χ1v) is 9.89. The van der Waals surface area contributed by atoms with Crippen LogP contribution >= 0.6 is 0 Å². The number of hydrogen-bond acceptors (Lipinski definition) is 5. The third-order valence-electron chi connectivity index (χ3n) is 4.54. The molecule has 0 fully saturated rings. The molecule has 31 heavy (non-hydrogen) atoms. The lowest BCUT2D eigenvalue weighted by atomic mass is 10.1. The Bertz CT molecular complexity index is 1160. The molecule has 0 saturated heterocycles. The molecule has 154 valence electrons. The molecule has 0 aliphatic heterocycles. The summed E-state index contributed by atoms with van der Waals surface area (Å²) in [5, 5.41) is 6.09. The summed E-state index contributed by atoms with van der Waals surface area (Å²) < 4.78 is 5.53. The monoisotopic (exact) mass is 410 g/mol. The van der Waals surface area contributed by atoms with Crippen LogP contribution in [0.15, 0.2) is 91.3 Å². The minimum atomic E-state index is -0.217. The summed E-state index contributed by atoms with van der Waals surface area (Å²) in [6.07, 6.45) is 1.54. The Balaban J connectivity index is 1.34. The number of rotatable bonds is 7. The first-order valence-electron chi connectivity index (χ1n) is 9.89. The van der Waals surface area contributed by atoms with Crippen molar-refractivity contribution in [2.24, 2.45) is 0 Å². The Morgan fingerprint density at radius 3 is 2.42 bits per heavy atom. The topological polar surface area (TPSA) is 76.1 Å². The molecule has 4 rings (SSSR count). The summed E-state index contributed by atoms with van der Waals surface area (Å²) in [4.78, 5) is 20.8. The van der Waals surface area contributed by atoms with E-state index in [4.69, 9.17) is 4.74 Å². The lowest BCUT2D eigenvalue weighted by Crippen LogP contribution is -2.20. The second-order valence-corrected chi connectivity index (χ2v) is 7.01. The third-order valence-corrected chi connectivity index (χ3v) is 4.54. The van der Waals surface area contributed by atoms with Gasteiger partial charge in [-0.1, -0.05) is 42.5 Å². The van der Waals surface area contributed by atoms with Gasteiger partial charge >= 0.3 is 0 Å². The van der Waals surface area contributed by atoms with Crippen LogP contribution in [0.25, 0.3) is 11.3 Å². The molecule has 1 aromatic heterocycles. The van der Waals surface area contributed by atoms with Crippen LogP contribution in [-0.4, -0.2) is 22.5 Å². The van der Waals surface area contributed by atoms with E-state index in [0.717, 1.165) is 22.5 Å². The van der Waals surface area contributed by atoms with Crippen molar-refractivity contribution in [3.63, 3.8) is 0 Å². The van der Waals surface area contributed by atoms with Crippen LogP contribution in [0.4, 0.5) is 17.2 Å². The molecule has 3 aromatic carbocycles. The molecular formula is C25H22N4O2. The first kappa shape index (κ1) is 20.1. The number of aromatic nitrogens is 2. The Morgan fingerprint density at radius 1 is 0.871 bits per heavy atom. The number of ether oxygens (including phenoxy) is 1. The highest BCUT2D eigenvalue weighted by Crippen LogP contribution is 2.22. The van der Waals surface area contributed by atoms with E-state index in [1.165, 1.54) is 6.33 Å². The van der Waals surface area contributed by atoms with Gasteiger partial charge in [0.05, 0.1) is 5.69 Å². The van der Waals surface area contributed by atoms with Crippen LogP contribution in [0.2, 0.25) is 0 Å². The number of amides is 1. The molecule has 0 bridgehead atoms. The number of aryl methyl sites for hydroxylation is 1. The maximum atomic E-state index is 12.2. The van der Waals surface area contributed by atoms with Crippen molar-refractivity contribution in [2.75, 3.05) is 17.2 Å². The Morgan fingerprint density at radius 2 is 1.65 bits per heavy atom. The predicted octanol–water partition coefficient (Wildman–Crippen LogP) is 5.21. The summed E-state index contributed by atoms with van der Waals surface area (Å²) in [7, 11) is 0. The van der Waals surface area contributed by atoms with Crippen molar-refractivity contribution in [2.45, 2.75) is 6.92 Å². The van der Waals surface area contributed by atoms with E-state index in [9.17, 15) is 4.79 Å². The standard InChI is InChI=1S/C25H22N4O2/c1-18-6-5-9-22(14-18)31-16-25(30)29-21-12-10-20(11-13-21)28-24-15-23(26-17-27-24)19-7-3-2-4-8-19/h2-15,17H,16H2,1H3,(H,29,30)(H,26,27,28). The van der Waals surface area contributed by atoms with Gasteiger partial charge in [0.15, 0.2) is 6.61 Å². The van der Waals surface area contributed by atoms with Gasteiger partial charge in [0.2, 0.25) is 0 Å². The van der Waals surface area contributed by atoms with Crippen molar-refractivity contribution in [3.05, 3.63) is 96.8 Å². The predicted molar refractivity (Wildman–Crippen MR) is 122 cm³/mol. The van der Waals surface area contributed by atoms with E-state index in [2.05, 4.69) is 20.6 Å². The number of nitrogens with zero attached hydrogens (tertiary/aromatic N) is 2. The van der Waals surface area contributed by atoms with Crippen LogP contribution in [0, 0.1) is 6.92 Å². The average molecular weight is 410 g/mol. The molecule has 1 amide bonds. The molecule has 0 unspecified atom stereocenters. The Labute approximate surface area is 181 Å². The van der Waals surface area contributed by atoms with Gasteiger partial charge in [0.1, 0.15) is 17.9 Å². The van der Waals surface area contributed by atoms with Gasteiger partial charge in [-0.25, -0.2) is 9.97 Å². The fourth-order valence-electron chi connectivity index (χ4n) is 3.03. The molecule has 0 saturated carbocycles. The highest BCUT2D eigenvalue weighted by molar-refractivity contribution is 5.92. The number of carbonyl (C=O) groups is 1. The van der Waals surface area contributed by atoms with Crippen LogP contribution < -0.4 is 15.4 Å². The van der Waals surface area contributed by atoms with Crippen LogP contribution in [0.5, 0.6) is 5.75 Å². The third kappa shape index (κ3) is 5.67. The van der Waals surface area contributed by atoms with E-state index in [-0.39, 0.29) is 12.5 Å². The minimum absolute atomic E-state index is 0.0490. The highest BCUT2D eigenvalue weighted by Gasteiger charge is 2.05. The summed E-state index contributed by atoms with van der Waals surface area (Å²) >= 11 is 0. The Hall–Kier alpha value is -4.19. The zero-order valence-corrected chi connectivity index (χ0v) is 17.1. The SMILES string of the molecule is Cc1cccc(OCC(=O)Nc2ccc(Nc3cc(-c4ccccc4)ncn3)cc2)c1. The lowest BCUT2D eigenvalue weighted by Gasteiger charge is -2.10. The fraction of sp³-hybridized carbons (Fsp3) is 0.0800. The van der Waals surface area contributed by atoms with Crippen molar-refractivity contribution in [1.82, 2.24) is 9.97 Å². The van der Waals surface area contributed by atoms with Crippen LogP contribution in [0.1, 0.15) is 5.56 Å². The molecule has 1 heterocycles. The van der Waals surface area contributed by atoms with Gasteiger partial charge in [-0.3, -0.25) is 4.79 Å². The molecular weight excluding hydrogens is 388 g/mol. The molecule has 0 spiro atoms. The molecule has 4 aromatic rings. The molecule has 0 aliphatic carbocycles. The number of carbonyl (C=O) groups excluding carboxylic acids is 1. The van der Waals surface area contributed by atoms with Gasteiger partial charge in [0.25, 0.3) is 5.91 Å². The van der Waals surface area contributed by atoms with Crippen molar-refractivity contribution >= 4 is 23.1 Å². The van der Waals surface area contributed by atoms with Gasteiger partial charge in [-0.15, -0.1) is 0 Å². The van der Waals surface area contributed by atoms with E-state index in [1.54, 1.807) is 0 Å². The number of hydrogen-bond donors (Lipinski definition) is 2. The number of anilines is 3. The van der Waals surface area contributed by atoms with Gasteiger partial charge in [0, 0.05) is 23.0 Å². The average Bonchev–Trinajstić information content (AvgIpc) is 2.80. The quantitative estimate of drug-likeness (QED) is 0.437. The number of benzene rings is 3. The molecule has 6 heteroatoms. The molecule has 6 nitrogen and oxygen atoms in total. The van der Waals surface area contributed by atoms with E-state index < -0.39 is 0 Å².